The second-order valence-electron chi connectivity index (χ2n) is 4.97. The Kier molecular flexibility index (Phi) is 6.64. The van der Waals surface area contributed by atoms with Gasteiger partial charge in [0, 0.05) is 14.1 Å². The van der Waals surface area contributed by atoms with E-state index in [0.717, 1.165) is 23.0 Å². The first-order valence-electron chi connectivity index (χ1n) is 7.03. The van der Waals surface area contributed by atoms with E-state index in [0.29, 0.717) is 6.42 Å². The molecule has 2 aromatic carbocycles. The minimum Gasteiger partial charge on any atom is -0.310 e. The normalized spacial score (nSPS) is 12.4. The van der Waals surface area contributed by atoms with Crippen molar-refractivity contribution in [2.24, 2.45) is 0 Å². The van der Waals surface area contributed by atoms with Gasteiger partial charge < -0.3 is 5.32 Å². The monoisotopic (exact) mass is 461 g/mol. The van der Waals surface area contributed by atoms with Gasteiger partial charge in [-0.3, -0.25) is 0 Å². The molecular weight excluding hydrogens is 444 g/mol. The summed E-state index contributed by atoms with van der Waals surface area (Å²) < 4.78 is 16.1. The minimum absolute atomic E-state index is 0.133. The van der Waals surface area contributed by atoms with Crippen LogP contribution in [0.5, 0.6) is 0 Å². The fourth-order valence-corrected chi connectivity index (χ4v) is 3.37. The summed E-state index contributed by atoms with van der Waals surface area (Å²) in [6.07, 6.45) is 1.71. The summed E-state index contributed by atoms with van der Waals surface area (Å²) >= 11 is 5.65. The van der Waals surface area contributed by atoms with Crippen LogP contribution in [0.4, 0.5) is 4.39 Å². The standard InChI is InChI=1S/C17H18BrFIN/c1-2-9-21-17(14-5-3-4-6-16(14)20)10-12-7-8-13(18)11-15(12)19/h3-8,11,17,21H,2,9-10H2,1H3. The Morgan fingerprint density at radius 2 is 2.00 bits per heavy atom. The summed E-state index contributed by atoms with van der Waals surface area (Å²) in [7, 11) is 0. The van der Waals surface area contributed by atoms with Gasteiger partial charge in [-0.25, -0.2) is 4.39 Å². The molecule has 112 valence electrons. The molecule has 0 spiro atoms. The highest BCUT2D eigenvalue weighted by molar-refractivity contribution is 14.1. The molecule has 0 aliphatic heterocycles. The molecule has 0 heterocycles. The molecule has 0 aliphatic carbocycles. The van der Waals surface area contributed by atoms with Crippen LogP contribution in [-0.2, 0) is 6.42 Å². The van der Waals surface area contributed by atoms with E-state index in [2.05, 4.69) is 62.9 Å². The van der Waals surface area contributed by atoms with Crippen molar-refractivity contribution in [2.45, 2.75) is 25.8 Å². The van der Waals surface area contributed by atoms with Gasteiger partial charge in [-0.1, -0.05) is 47.1 Å². The molecule has 1 unspecified atom stereocenters. The fraction of sp³-hybridized carbons (Fsp3) is 0.294. The number of nitrogens with one attached hydrogen (secondary N) is 1. The summed E-state index contributed by atoms with van der Waals surface area (Å²) in [6.45, 7) is 3.06. The zero-order valence-corrected chi connectivity index (χ0v) is 15.6. The van der Waals surface area contributed by atoms with E-state index in [4.69, 9.17) is 0 Å². The maximum absolute atomic E-state index is 14.1. The zero-order valence-electron chi connectivity index (χ0n) is 11.9. The highest BCUT2D eigenvalue weighted by atomic mass is 127. The van der Waals surface area contributed by atoms with Gasteiger partial charge in [0.2, 0.25) is 0 Å². The van der Waals surface area contributed by atoms with E-state index in [1.54, 1.807) is 0 Å². The number of hydrogen-bond acceptors (Lipinski definition) is 1. The molecule has 0 saturated heterocycles. The largest absolute Gasteiger partial charge is 0.310 e. The van der Waals surface area contributed by atoms with Crippen LogP contribution in [0.2, 0.25) is 0 Å². The summed E-state index contributed by atoms with van der Waals surface area (Å²) in [5.41, 5.74) is 1.97. The summed E-state index contributed by atoms with van der Waals surface area (Å²) in [5.74, 6) is -0.154. The maximum Gasteiger partial charge on any atom is 0.127 e. The lowest BCUT2D eigenvalue weighted by Gasteiger charge is -2.21. The van der Waals surface area contributed by atoms with E-state index >= 15 is 0 Å². The van der Waals surface area contributed by atoms with Crippen molar-refractivity contribution >= 4 is 38.5 Å². The molecule has 2 aromatic rings. The predicted octanol–water partition coefficient (Wildman–Crippen LogP) is 5.48. The second kappa shape index (κ2) is 8.25. The topological polar surface area (TPSA) is 12.0 Å². The van der Waals surface area contributed by atoms with Crippen LogP contribution in [0.25, 0.3) is 0 Å². The van der Waals surface area contributed by atoms with Gasteiger partial charge in [0.05, 0.1) is 0 Å². The summed E-state index contributed by atoms with van der Waals surface area (Å²) in [5, 5.41) is 3.53. The highest BCUT2D eigenvalue weighted by Gasteiger charge is 2.16. The summed E-state index contributed by atoms with van der Waals surface area (Å²) in [4.78, 5) is 0. The highest BCUT2D eigenvalue weighted by Crippen LogP contribution is 2.25. The van der Waals surface area contributed by atoms with Gasteiger partial charge in [-0.05, 0) is 71.3 Å². The first kappa shape index (κ1) is 16.9. The van der Waals surface area contributed by atoms with Crippen LogP contribution in [0.1, 0.15) is 30.5 Å². The van der Waals surface area contributed by atoms with Crippen LogP contribution >= 0.6 is 38.5 Å². The van der Waals surface area contributed by atoms with Gasteiger partial charge in [-0.15, -0.1) is 0 Å². The smallest absolute Gasteiger partial charge is 0.127 e. The lowest BCUT2D eigenvalue weighted by Crippen LogP contribution is -2.25. The van der Waals surface area contributed by atoms with E-state index in [1.807, 2.05) is 24.3 Å². The van der Waals surface area contributed by atoms with Crippen molar-refractivity contribution < 1.29 is 4.39 Å². The molecule has 0 bridgehead atoms. The Morgan fingerprint density at radius 3 is 2.67 bits per heavy atom. The molecule has 2 rings (SSSR count). The Bertz CT molecular complexity index is 603. The van der Waals surface area contributed by atoms with E-state index in [-0.39, 0.29) is 11.9 Å². The van der Waals surface area contributed by atoms with Gasteiger partial charge in [0.15, 0.2) is 0 Å². The lowest BCUT2D eigenvalue weighted by molar-refractivity contribution is 0.511. The molecule has 0 radical (unpaired) electrons. The maximum atomic E-state index is 14.1. The van der Waals surface area contributed by atoms with Crippen molar-refractivity contribution in [1.29, 1.82) is 0 Å². The first-order chi connectivity index (χ1) is 10.1. The number of benzene rings is 2. The van der Waals surface area contributed by atoms with Crippen molar-refractivity contribution in [3.8, 4) is 0 Å². The van der Waals surface area contributed by atoms with E-state index < -0.39 is 0 Å². The van der Waals surface area contributed by atoms with E-state index in [9.17, 15) is 4.39 Å². The third kappa shape index (κ3) is 4.76. The quantitative estimate of drug-likeness (QED) is 0.562. The van der Waals surface area contributed by atoms with Crippen LogP contribution in [-0.4, -0.2) is 6.54 Å². The van der Waals surface area contributed by atoms with Crippen molar-refractivity contribution in [3.05, 3.63) is 67.5 Å². The molecule has 4 heteroatoms. The average Bonchev–Trinajstić information content (AvgIpc) is 2.46. The fourth-order valence-electron chi connectivity index (χ4n) is 2.28. The van der Waals surface area contributed by atoms with Crippen LogP contribution in [0.3, 0.4) is 0 Å². The van der Waals surface area contributed by atoms with Crippen molar-refractivity contribution in [3.63, 3.8) is 0 Å². The Hall–Kier alpha value is -0.460. The predicted molar refractivity (Wildman–Crippen MR) is 98.0 cm³/mol. The third-order valence-corrected chi connectivity index (χ3v) is 4.84. The number of rotatable bonds is 6. The molecule has 0 amide bonds. The van der Waals surface area contributed by atoms with Crippen LogP contribution in [0.15, 0.2) is 46.9 Å². The van der Waals surface area contributed by atoms with Crippen LogP contribution < -0.4 is 5.32 Å². The average molecular weight is 462 g/mol. The molecule has 0 saturated carbocycles. The Morgan fingerprint density at radius 1 is 1.24 bits per heavy atom. The lowest BCUT2D eigenvalue weighted by atomic mass is 9.98. The van der Waals surface area contributed by atoms with Gasteiger partial charge in [0.1, 0.15) is 5.82 Å². The van der Waals surface area contributed by atoms with Gasteiger partial charge >= 0.3 is 0 Å². The van der Waals surface area contributed by atoms with Crippen LogP contribution in [0, 0.1) is 9.39 Å². The molecule has 1 atom stereocenters. The van der Waals surface area contributed by atoms with Gasteiger partial charge in [0.25, 0.3) is 0 Å². The minimum atomic E-state index is -0.154. The molecule has 0 fully saturated rings. The number of hydrogen-bond donors (Lipinski definition) is 1. The zero-order chi connectivity index (χ0) is 15.2. The second-order valence-corrected chi connectivity index (χ2v) is 7.05. The molecule has 1 N–H and O–H groups in total. The SMILES string of the molecule is CCCNC(Cc1ccc(Br)cc1F)c1ccccc1I. The van der Waals surface area contributed by atoms with Crippen molar-refractivity contribution in [1.82, 2.24) is 5.32 Å². The Labute approximate surface area is 147 Å². The molecule has 21 heavy (non-hydrogen) atoms. The molecular formula is C17H18BrFIN. The third-order valence-electron chi connectivity index (χ3n) is 3.36. The molecule has 1 nitrogen and oxygen atoms in total. The molecule has 0 aliphatic rings. The van der Waals surface area contributed by atoms with E-state index in [1.165, 1.54) is 15.2 Å². The summed E-state index contributed by atoms with van der Waals surface area (Å²) in [6, 6.07) is 13.7. The Balaban J connectivity index is 2.26. The number of halogens is 3. The van der Waals surface area contributed by atoms with Gasteiger partial charge in [-0.2, -0.15) is 0 Å². The van der Waals surface area contributed by atoms with Crippen molar-refractivity contribution in [2.75, 3.05) is 6.54 Å². The first-order valence-corrected chi connectivity index (χ1v) is 8.90. The molecule has 0 aromatic heterocycles.